The van der Waals surface area contributed by atoms with Crippen LogP contribution in [-0.2, 0) is 44.7 Å². The van der Waals surface area contributed by atoms with E-state index in [2.05, 4.69) is 15.4 Å². The first kappa shape index (κ1) is 31.1. The predicted molar refractivity (Wildman–Crippen MR) is 132 cm³/mol. The molecule has 11 nitrogen and oxygen atoms in total. The predicted octanol–water partition coefficient (Wildman–Crippen LogP) is 3.12. The number of amides is 2. The second kappa shape index (κ2) is 16.7. The van der Waals surface area contributed by atoms with Crippen molar-refractivity contribution in [3.8, 4) is 0 Å². The Morgan fingerprint density at radius 2 is 1.46 bits per heavy atom. The van der Waals surface area contributed by atoms with Crippen molar-refractivity contribution in [2.45, 2.75) is 66.5 Å². The van der Waals surface area contributed by atoms with E-state index < -0.39 is 41.7 Å². The van der Waals surface area contributed by atoms with Crippen molar-refractivity contribution < 1.29 is 42.9 Å². The summed E-state index contributed by atoms with van der Waals surface area (Å²) in [5.41, 5.74) is 0.704. The number of esters is 3. The zero-order chi connectivity index (χ0) is 27.8. The minimum absolute atomic E-state index is 0.00921. The fourth-order valence-electron chi connectivity index (χ4n) is 3.08. The van der Waals surface area contributed by atoms with E-state index in [0.29, 0.717) is 6.42 Å². The van der Waals surface area contributed by atoms with Gasteiger partial charge in [0.2, 0.25) is 11.7 Å². The average Bonchev–Trinajstić information content (AvgIpc) is 2.85. The zero-order valence-corrected chi connectivity index (χ0v) is 22.0. The Hall–Kier alpha value is -3.89. The van der Waals surface area contributed by atoms with Gasteiger partial charge in [0.05, 0.1) is 18.9 Å². The van der Waals surface area contributed by atoms with Gasteiger partial charge in [-0.2, -0.15) is 0 Å². The van der Waals surface area contributed by atoms with Gasteiger partial charge in [-0.15, -0.1) is 0 Å². The van der Waals surface area contributed by atoms with E-state index in [1.54, 1.807) is 26.0 Å². The Kier molecular flexibility index (Phi) is 14.1. The number of ether oxygens (including phenoxy) is 4. The number of carbonyl (C=O) groups excluding carboxylic acids is 5. The highest BCUT2D eigenvalue weighted by Gasteiger charge is 2.30. The normalized spacial score (nSPS) is 12.1. The minimum atomic E-state index is -1.44. The first-order valence-corrected chi connectivity index (χ1v) is 12.2. The first-order chi connectivity index (χ1) is 17.6. The minimum Gasteiger partial charge on any atom is -0.460 e. The summed E-state index contributed by atoms with van der Waals surface area (Å²) in [6.45, 7) is 8.45. The van der Waals surface area contributed by atoms with Crippen molar-refractivity contribution in [3.05, 3.63) is 47.4 Å². The van der Waals surface area contributed by atoms with Gasteiger partial charge in [0.1, 0.15) is 12.6 Å². The van der Waals surface area contributed by atoms with Crippen LogP contribution in [0.5, 0.6) is 0 Å². The molecule has 0 saturated carbocycles. The molecule has 0 fully saturated rings. The summed E-state index contributed by atoms with van der Waals surface area (Å²) in [6, 6.07) is 8.01. The van der Waals surface area contributed by atoms with Gasteiger partial charge in [0.15, 0.2) is 0 Å². The van der Waals surface area contributed by atoms with Gasteiger partial charge in [-0.05, 0) is 38.2 Å². The van der Waals surface area contributed by atoms with E-state index >= 15 is 0 Å². The highest BCUT2D eigenvalue weighted by atomic mass is 16.6. The van der Waals surface area contributed by atoms with Crippen molar-refractivity contribution in [2.24, 2.45) is 5.92 Å². The third-order valence-corrected chi connectivity index (χ3v) is 4.67. The van der Waals surface area contributed by atoms with Gasteiger partial charge in [-0.3, -0.25) is 4.79 Å². The quantitative estimate of drug-likeness (QED) is 0.132. The molecule has 2 N–H and O–H groups in total. The summed E-state index contributed by atoms with van der Waals surface area (Å²) in [5, 5.41) is 5.10. The van der Waals surface area contributed by atoms with E-state index in [-0.39, 0.29) is 44.3 Å². The van der Waals surface area contributed by atoms with Crippen LogP contribution in [-0.4, -0.2) is 49.2 Å². The van der Waals surface area contributed by atoms with Gasteiger partial charge >= 0.3 is 24.0 Å². The van der Waals surface area contributed by atoms with E-state index in [0.717, 1.165) is 5.56 Å². The van der Waals surface area contributed by atoms with Crippen LogP contribution in [0, 0.1) is 5.92 Å². The first-order valence-electron chi connectivity index (χ1n) is 12.2. The van der Waals surface area contributed by atoms with Crippen LogP contribution in [0.2, 0.25) is 0 Å². The maximum atomic E-state index is 13.2. The summed E-state index contributed by atoms with van der Waals surface area (Å²) in [4.78, 5) is 62.0. The molecule has 0 aliphatic carbocycles. The largest absolute Gasteiger partial charge is 0.460 e. The number of hydrogen-bond acceptors (Lipinski definition) is 9. The summed E-state index contributed by atoms with van der Waals surface area (Å²) in [5.74, 6) is -5.07. The van der Waals surface area contributed by atoms with Crippen molar-refractivity contribution >= 4 is 29.9 Å². The molecule has 0 aliphatic heterocycles. The van der Waals surface area contributed by atoms with Crippen LogP contribution in [0.25, 0.3) is 0 Å². The van der Waals surface area contributed by atoms with Crippen molar-refractivity contribution in [2.75, 3.05) is 13.2 Å². The Morgan fingerprint density at radius 3 is 2.03 bits per heavy atom. The maximum Gasteiger partial charge on any atom is 0.423 e. The maximum absolute atomic E-state index is 13.2. The van der Waals surface area contributed by atoms with E-state index in [9.17, 15) is 24.0 Å². The van der Waals surface area contributed by atoms with Crippen LogP contribution in [0.4, 0.5) is 4.79 Å². The smallest absolute Gasteiger partial charge is 0.423 e. The molecule has 0 unspecified atom stereocenters. The zero-order valence-electron chi connectivity index (χ0n) is 22.0. The van der Waals surface area contributed by atoms with Crippen molar-refractivity contribution in [1.29, 1.82) is 0 Å². The highest BCUT2D eigenvalue weighted by molar-refractivity contribution is 6.30. The molecule has 37 heavy (non-hydrogen) atoms. The molecule has 2 amide bonds. The third kappa shape index (κ3) is 11.6. The topological polar surface area (TPSA) is 146 Å². The summed E-state index contributed by atoms with van der Waals surface area (Å²) in [6.07, 6.45) is -0.00651. The SMILES string of the molecule is CCC/C(NC(=O)[C@H](CC(C)C)NC(=O)OCc1ccccc1)=C(/OC(=O)C(=O)OCC)C(=O)OCC. The van der Waals surface area contributed by atoms with Crippen molar-refractivity contribution in [1.82, 2.24) is 10.6 Å². The Labute approximate surface area is 216 Å². The molecule has 11 heteroatoms. The van der Waals surface area contributed by atoms with Crippen LogP contribution < -0.4 is 10.6 Å². The standard InChI is InChI=1S/C26H36N2O9/c1-6-12-19(21(23(30)34-7-2)37-25(32)24(31)35-8-3)27-22(29)20(15-17(4)5)28-26(33)36-16-18-13-10-9-11-14-18/h9-11,13-14,17,20H,6-8,12,15-16H2,1-5H3,(H,27,29)(H,28,33)/b21-19-/t20-/m0/s1. The number of nitrogens with one attached hydrogen (secondary N) is 2. The summed E-state index contributed by atoms with van der Waals surface area (Å²) < 4.78 is 19.8. The lowest BCUT2D eigenvalue weighted by Gasteiger charge is -2.22. The lowest BCUT2D eigenvalue weighted by Crippen LogP contribution is -2.47. The molecule has 1 aromatic rings. The molecule has 0 heterocycles. The van der Waals surface area contributed by atoms with Crippen LogP contribution in [0.15, 0.2) is 41.8 Å². The Balaban J connectivity index is 3.14. The fraction of sp³-hybridized carbons (Fsp3) is 0.500. The Bertz CT molecular complexity index is 958. The second-order valence-corrected chi connectivity index (χ2v) is 8.27. The van der Waals surface area contributed by atoms with Crippen LogP contribution in [0.1, 0.15) is 59.4 Å². The molecule has 1 atom stereocenters. The molecular formula is C26H36N2O9. The molecular weight excluding hydrogens is 484 g/mol. The summed E-state index contributed by atoms with van der Waals surface area (Å²) >= 11 is 0. The van der Waals surface area contributed by atoms with Gasteiger partial charge in [0.25, 0.3) is 0 Å². The molecule has 204 valence electrons. The lowest BCUT2D eigenvalue weighted by molar-refractivity contribution is -0.167. The number of alkyl carbamates (subject to hydrolysis) is 1. The van der Waals surface area contributed by atoms with E-state index in [4.69, 9.17) is 14.2 Å². The molecule has 1 rings (SSSR count). The van der Waals surface area contributed by atoms with E-state index in [1.807, 2.05) is 32.0 Å². The third-order valence-electron chi connectivity index (χ3n) is 4.67. The van der Waals surface area contributed by atoms with Gasteiger partial charge < -0.3 is 29.6 Å². The second-order valence-electron chi connectivity index (χ2n) is 8.27. The molecule has 0 aliphatic rings. The van der Waals surface area contributed by atoms with Gasteiger partial charge in [-0.25, -0.2) is 19.2 Å². The molecule has 0 radical (unpaired) electrons. The number of hydrogen-bond donors (Lipinski definition) is 2. The van der Waals surface area contributed by atoms with Crippen LogP contribution in [0.3, 0.4) is 0 Å². The Morgan fingerprint density at radius 1 is 0.838 bits per heavy atom. The average molecular weight is 521 g/mol. The number of carbonyl (C=O) groups is 5. The van der Waals surface area contributed by atoms with Crippen molar-refractivity contribution in [3.63, 3.8) is 0 Å². The van der Waals surface area contributed by atoms with Crippen LogP contribution >= 0.6 is 0 Å². The van der Waals surface area contributed by atoms with Gasteiger partial charge in [0, 0.05) is 0 Å². The molecule has 0 aromatic heterocycles. The van der Waals surface area contributed by atoms with Gasteiger partial charge in [-0.1, -0.05) is 57.5 Å². The lowest BCUT2D eigenvalue weighted by atomic mass is 10.0. The number of rotatable bonds is 13. The molecule has 0 saturated heterocycles. The number of benzene rings is 1. The molecule has 0 spiro atoms. The monoisotopic (exact) mass is 520 g/mol. The highest BCUT2D eigenvalue weighted by Crippen LogP contribution is 2.15. The summed E-state index contributed by atoms with van der Waals surface area (Å²) in [7, 11) is 0. The van der Waals surface area contributed by atoms with E-state index in [1.165, 1.54) is 6.92 Å². The molecule has 1 aromatic carbocycles. The number of allylic oxidation sites excluding steroid dienone is 1. The fourth-order valence-corrected chi connectivity index (χ4v) is 3.08. The molecule has 0 bridgehead atoms.